The van der Waals surface area contributed by atoms with Crippen molar-refractivity contribution in [3.63, 3.8) is 0 Å². The number of nitrogens with two attached hydrogens (primary N) is 1. The second kappa shape index (κ2) is 5.14. The molecule has 0 aliphatic heterocycles. The van der Waals surface area contributed by atoms with Crippen LogP contribution in [0.2, 0.25) is 0 Å². The molecule has 4 heteroatoms. The van der Waals surface area contributed by atoms with E-state index in [-0.39, 0.29) is 18.0 Å². The molecule has 0 unspecified atom stereocenters. The van der Waals surface area contributed by atoms with Crippen molar-refractivity contribution in [1.82, 2.24) is 0 Å². The molecular weight excluding hydrogens is 236 g/mol. The topological polar surface area (TPSA) is 35.2 Å². The maximum atomic E-state index is 13.8. The number of benzene rings is 2. The van der Waals surface area contributed by atoms with Crippen LogP contribution < -0.4 is 10.5 Å². The van der Waals surface area contributed by atoms with E-state index in [9.17, 15) is 8.78 Å². The summed E-state index contributed by atoms with van der Waals surface area (Å²) in [5.74, 6) is -0.540. The summed E-state index contributed by atoms with van der Waals surface area (Å²) < 4.78 is 32.6. The van der Waals surface area contributed by atoms with Crippen LogP contribution in [0.5, 0.6) is 11.5 Å². The van der Waals surface area contributed by atoms with Gasteiger partial charge in [0.1, 0.15) is 11.6 Å². The second-order valence-corrected chi connectivity index (χ2v) is 3.90. The molecule has 0 amide bonds. The van der Waals surface area contributed by atoms with Crippen molar-refractivity contribution in [3.05, 3.63) is 59.2 Å². The van der Waals surface area contributed by atoms with Gasteiger partial charge in [0.05, 0.1) is 0 Å². The van der Waals surface area contributed by atoms with Gasteiger partial charge in [-0.05, 0) is 25.1 Å². The van der Waals surface area contributed by atoms with Crippen LogP contribution in [-0.2, 0) is 6.54 Å². The molecule has 2 N–H and O–H groups in total. The number of hydrogen-bond donors (Lipinski definition) is 1. The van der Waals surface area contributed by atoms with Crippen molar-refractivity contribution in [2.75, 3.05) is 0 Å². The Kier molecular flexibility index (Phi) is 3.58. The fourth-order valence-corrected chi connectivity index (χ4v) is 1.64. The lowest BCUT2D eigenvalue weighted by Crippen LogP contribution is -2.02. The molecule has 2 rings (SSSR count). The molecule has 0 saturated heterocycles. The van der Waals surface area contributed by atoms with E-state index in [1.807, 2.05) is 0 Å². The van der Waals surface area contributed by atoms with E-state index in [2.05, 4.69) is 0 Å². The van der Waals surface area contributed by atoms with Crippen LogP contribution in [0.15, 0.2) is 36.4 Å². The van der Waals surface area contributed by atoms with Crippen molar-refractivity contribution in [2.45, 2.75) is 13.5 Å². The number of para-hydroxylation sites is 1. The number of rotatable bonds is 3. The van der Waals surface area contributed by atoms with Crippen LogP contribution in [0.1, 0.15) is 11.1 Å². The predicted octanol–water partition coefficient (Wildman–Crippen LogP) is 3.52. The zero-order valence-corrected chi connectivity index (χ0v) is 9.91. The molecule has 0 radical (unpaired) electrons. The molecule has 0 aliphatic rings. The normalized spacial score (nSPS) is 10.4. The second-order valence-electron chi connectivity index (χ2n) is 3.90. The van der Waals surface area contributed by atoms with Crippen LogP contribution in [0.4, 0.5) is 8.78 Å². The maximum Gasteiger partial charge on any atom is 0.165 e. The van der Waals surface area contributed by atoms with Crippen LogP contribution >= 0.6 is 0 Å². The third-order valence-corrected chi connectivity index (χ3v) is 2.69. The highest BCUT2D eigenvalue weighted by Gasteiger charge is 2.11. The summed E-state index contributed by atoms with van der Waals surface area (Å²) >= 11 is 0. The van der Waals surface area contributed by atoms with Gasteiger partial charge in [0.25, 0.3) is 0 Å². The summed E-state index contributed by atoms with van der Waals surface area (Å²) in [6, 6.07) is 9.12. The lowest BCUT2D eigenvalue weighted by Gasteiger charge is -2.11. The Labute approximate surface area is 104 Å². The molecule has 0 heterocycles. The summed E-state index contributed by atoms with van der Waals surface area (Å²) in [6.45, 7) is 1.69. The average Bonchev–Trinajstić information content (AvgIpc) is 2.38. The Morgan fingerprint density at radius 2 is 1.78 bits per heavy atom. The maximum absolute atomic E-state index is 13.8. The number of ether oxygens (including phenoxy) is 1. The summed E-state index contributed by atoms with van der Waals surface area (Å²) in [7, 11) is 0. The van der Waals surface area contributed by atoms with E-state index in [1.54, 1.807) is 31.2 Å². The molecule has 0 saturated carbocycles. The first-order valence-corrected chi connectivity index (χ1v) is 5.54. The number of halogens is 2. The highest BCUT2D eigenvalue weighted by atomic mass is 19.1. The predicted molar refractivity (Wildman–Crippen MR) is 65.5 cm³/mol. The Hall–Kier alpha value is -1.94. The first-order valence-electron chi connectivity index (χ1n) is 5.54. The van der Waals surface area contributed by atoms with E-state index in [0.717, 1.165) is 0 Å². The summed E-state index contributed by atoms with van der Waals surface area (Å²) in [6.07, 6.45) is 0. The summed E-state index contributed by atoms with van der Waals surface area (Å²) in [5.41, 5.74) is 6.14. The van der Waals surface area contributed by atoms with Crippen molar-refractivity contribution in [2.24, 2.45) is 5.73 Å². The minimum atomic E-state index is -0.486. The largest absolute Gasteiger partial charge is 0.454 e. The SMILES string of the molecule is Cc1c(Oc2ccccc2F)ccc(CN)c1F. The highest BCUT2D eigenvalue weighted by Crippen LogP contribution is 2.29. The van der Waals surface area contributed by atoms with Crippen molar-refractivity contribution < 1.29 is 13.5 Å². The van der Waals surface area contributed by atoms with Crippen LogP contribution in [0.25, 0.3) is 0 Å². The zero-order valence-electron chi connectivity index (χ0n) is 9.91. The van der Waals surface area contributed by atoms with Gasteiger partial charge in [-0.25, -0.2) is 8.78 Å². The van der Waals surface area contributed by atoms with E-state index < -0.39 is 11.6 Å². The van der Waals surface area contributed by atoms with Crippen molar-refractivity contribution in [3.8, 4) is 11.5 Å². The molecule has 0 aliphatic carbocycles. The Balaban J connectivity index is 2.36. The van der Waals surface area contributed by atoms with Crippen molar-refractivity contribution >= 4 is 0 Å². The van der Waals surface area contributed by atoms with Crippen molar-refractivity contribution in [1.29, 1.82) is 0 Å². The molecule has 0 spiro atoms. The quantitative estimate of drug-likeness (QED) is 0.903. The van der Waals surface area contributed by atoms with Crippen LogP contribution in [-0.4, -0.2) is 0 Å². The average molecular weight is 249 g/mol. The molecular formula is C14H13F2NO. The zero-order chi connectivity index (χ0) is 13.1. The van der Waals surface area contributed by atoms with E-state index in [1.165, 1.54) is 12.1 Å². The van der Waals surface area contributed by atoms with Gasteiger partial charge in [-0.15, -0.1) is 0 Å². The fourth-order valence-electron chi connectivity index (χ4n) is 1.64. The minimum Gasteiger partial charge on any atom is -0.454 e. The smallest absolute Gasteiger partial charge is 0.165 e. The van der Waals surface area contributed by atoms with Gasteiger partial charge in [0.2, 0.25) is 0 Å². The summed E-state index contributed by atoms with van der Waals surface area (Å²) in [5, 5.41) is 0. The van der Waals surface area contributed by atoms with Crippen LogP contribution in [0, 0.1) is 18.6 Å². The minimum absolute atomic E-state index is 0.0699. The highest BCUT2D eigenvalue weighted by molar-refractivity contribution is 5.41. The van der Waals surface area contributed by atoms with Crippen LogP contribution in [0.3, 0.4) is 0 Å². The lowest BCUT2D eigenvalue weighted by atomic mass is 10.1. The molecule has 18 heavy (non-hydrogen) atoms. The van der Waals surface area contributed by atoms with Gasteiger partial charge in [-0.3, -0.25) is 0 Å². The monoisotopic (exact) mass is 249 g/mol. The summed E-state index contributed by atoms with van der Waals surface area (Å²) in [4.78, 5) is 0. The first-order chi connectivity index (χ1) is 8.63. The Morgan fingerprint density at radius 1 is 1.06 bits per heavy atom. The number of hydrogen-bond acceptors (Lipinski definition) is 2. The molecule has 0 bridgehead atoms. The van der Waals surface area contributed by atoms with Gasteiger partial charge in [-0.2, -0.15) is 0 Å². The first kappa shape index (κ1) is 12.5. The van der Waals surface area contributed by atoms with Gasteiger partial charge in [0.15, 0.2) is 11.6 Å². The third kappa shape index (κ3) is 2.33. The van der Waals surface area contributed by atoms with Gasteiger partial charge in [0, 0.05) is 17.7 Å². The molecule has 94 valence electrons. The van der Waals surface area contributed by atoms with E-state index in [4.69, 9.17) is 10.5 Å². The standard InChI is InChI=1S/C14H13F2NO/c1-9-12(7-6-10(8-17)14(9)16)18-13-5-3-2-4-11(13)15/h2-7H,8,17H2,1H3. The Morgan fingerprint density at radius 3 is 2.44 bits per heavy atom. The molecule has 0 fully saturated rings. The third-order valence-electron chi connectivity index (χ3n) is 2.69. The molecule has 2 aromatic carbocycles. The van der Waals surface area contributed by atoms with E-state index >= 15 is 0 Å². The molecule has 2 aromatic rings. The van der Waals surface area contributed by atoms with Gasteiger partial charge < -0.3 is 10.5 Å². The fraction of sp³-hybridized carbons (Fsp3) is 0.143. The Bertz CT molecular complexity index is 570. The van der Waals surface area contributed by atoms with Gasteiger partial charge in [-0.1, -0.05) is 18.2 Å². The van der Waals surface area contributed by atoms with E-state index in [0.29, 0.717) is 11.1 Å². The lowest BCUT2D eigenvalue weighted by molar-refractivity contribution is 0.434. The molecule has 0 atom stereocenters. The molecule has 2 nitrogen and oxygen atoms in total. The molecule has 0 aromatic heterocycles. The van der Waals surface area contributed by atoms with Gasteiger partial charge >= 0.3 is 0 Å².